The van der Waals surface area contributed by atoms with Crippen LogP contribution in [0.3, 0.4) is 0 Å². The number of pyridine rings is 1. The van der Waals surface area contributed by atoms with Crippen molar-refractivity contribution in [3.05, 3.63) is 42.2 Å². The third-order valence-electron chi connectivity index (χ3n) is 6.04. The number of carbonyl (C=O) groups excluding carboxylic acids is 1. The van der Waals surface area contributed by atoms with Crippen molar-refractivity contribution in [2.75, 3.05) is 0 Å². The zero-order valence-corrected chi connectivity index (χ0v) is 16.4. The summed E-state index contributed by atoms with van der Waals surface area (Å²) in [6.07, 6.45) is 11.4. The van der Waals surface area contributed by atoms with Crippen molar-refractivity contribution >= 4 is 28.0 Å². The number of carbonyl (C=O) groups is 1. The number of fused-ring (bicyclic) bond motifs is 3. The van der Waals surface area contributed by atoms with Gasteiger partial charge in [0, 0.05) is 30.2 Å². The predicted octanol–water partition coefficient (Wildman–Crippen LogP) is 3.21. The summed E-state index contributed by atoms with van der Waals surface area (Å²) in [4.78, 5) is 24.9. The molecule has 0 saturated heterocycles. The molecule has 152 valence electrons. The molecule has 0 aromatic carbocycles. The van der Waals surface area contributed by atoms with Gasteiger partial charge in [0.2, 0.25) is 0 Å². The Hall–Kier alpha value is -3.67. The maximum absolute atomic E-state index is 12.4. The largest absolute Gasteiger partial charge is 0.346 e. The van der Waals surface area contributed by atoms with Crippen LogP contribution in [0.25, 0.3) is 22.1 Å². The third-order valence-corrected chi connectivity index (χ3v) is 6.04. The summed E-state index contributed by atoms with van der Waals surface area (Å²) < 4.78 is 2.28. The number of nitrogens with zero attached hydrogens (tertiary/aromatic N) is 5. The highest BCUT2D eigenvalue weighted by atomic mass is 16.1. The lowest BCUT2D eigenvalue weighted by atomic mass is 9.84. The first-order valence-electron chi connectivity index (χ1n) is 10.2. The lowest BCUT2D eigenvalue weighted by Crippen LogP contribution is -2.26. The van der Waals surface area contributed by atoms with Gasteiger partial charge in [-0.2, -0.15) is 10.4 Å². The molecule has 0 bridgehead atoms. The van der Waals surface area contributed by atoms with Crippen LogP contribution in [0.15, 0.2) is 30.9 Å². The van der Waals surface area contributed by atoms with Gasteiger partial charge < -0.3 is 14.9 Å². The van der Waals surface area contributed by atoms with Gasteiger partial charge >= 0.3 is 0 Å². The molecular formula is C21H22N8O. The summed E-state index contributed by atoms with van der Waals surface area (Å²) in [5.41, 5.74) is 3.20. The molecule has 4 heterocycles. The quantitative estimate of drug-likeness (QED) is 0.472. The molecule has 0 radical (unpaired) electrons. The number of imidazole rings is 1. The number of hydrogen-bond acceptors (Lipinski definition) is 5. The lowest BCUT2D eigenvalue weighted by Gasteiger charge is -2.30. The molecule has 9 nitrogen and oxygen atoms in total. The number of aromatic nitrogens is 6. The fourth-order valence-electron chi connectivity index (χ4n) is 4.53. The Labute approximate surface area is 172 Å². The third kappa shape index (κ3) is 3.20. The molecule has 30 heavy (non-hydrogen) atoms. The standard InChI is InChI=1S/C21H22N8O/c22-7-5-13-1-3-15(4-2-13)29-18(12-25-21(30)14-9-26-27-10-14)28-17-11-24-20-16(19(17)29)6-8-23-20/h6,8-11,13,15H,1-5,12H2,(H,23,24)(H,25,30)(H,26,27)/t13-,15-. The first kappa shape index (κ1) is 18.4. The topological polar surface area (TPSA) is 128 Å². The van der Waals surface area contributed by atoms with Crippen molar-refractivity contribution in [1.29, 1.82) is 5.26 Å². The Morgan fingerprint density at radius 3 is 2.93 bits per heavy atom. The summed E-state index contributed by atoms with van der Waals surface area (Å²) in [6.45, 7) is 0.322. The minimum Gasteiger partial charge on any atom is -0.346 e. The van der Waals surface area contributed by atoms with Crippen molar-refractivity contribution in [1.82, 2.24) is 35.0 Å². The Bertz CT molecular complexity index is 1220. The fourth-order valence-corrected chi connectivity index (χ4v) is 4.53. The maximum atomic E-state index is 12.4. The zero-order chi connectivity index (χ0) is 20.5. The number of amides is 1. The van der Waals surface area contributed by atoms with E-state index < -0.39 is 0 Å². The highest BCUT2D eigenvalue weighted by Gasteiger charge is 2.27. The molecule has 4 aromatic heterocycles. The summed E-state index contributed by atoms with van der Waals surface area (Å²) in [6, 6.07) is 4.62. The molecule has 1 amide bonds. The molecule has 1 saturated carbocycles. The van der Waals surface area contributed by atoms with E-state index in [2.05, 4.69) is 36.1 Å². The van der Waals surface area contributed by atoms with Crippen LogP contribution < -0.4 is 5.32 Å². The van der Waals surface area contributed by atoms with Gasteiger partial charge in [-0.25, -0.2) is 9.97 Å². The fraction of sp³-hybridized carbons (Fsp3) is 0.381. The molecule has 1 fully saturated rings. The average Bonchev–Trinajstić information content (AvgIpc) is 3.51. The van der Waals surface area contributed by atoms with E-state index in [0.717, 1.165) is 53.6 Å². The summed E-state index contributed by atoms with van der Waals surface area (Å²) in [5, 5.41) is 19.5. The second-order valence-corrected chi connectivity index (χ2v) is 7.84. The van der Waals surface area contributed by atoms with Crippen LogP contribution in [0.4, 0.5) is 0 Å². The van der Waals surface area contributed by atoms with E-state index in [4.69, 9.17) is 10.2 Å². The first-order chi connectivity index (χ1) is 14.7. The van der Waals surface area contributed by atoms with Crippen LogP contribution in [-0.2, 0) is 6.54 Å². The van der Waals surface area contributed by atoms with Crippen LogP contribution in [0.1, 0.15) is 54.3 Å². The zero-order valence-electron chi connectivity index (χ0n) is 16.4. The molecule has 5 rings (SSSR count). The van der Waals surface area contributed by atoms with Gasteiger partial charge in [-0.15, -0.1) is 0 Å². The van der Waals surface area contributed by atoms with E-state index >= 15 is 0 Å². The minimum absolute atomic E-state index is 0.190. The molecule has 9 heteroatoms. The highest BCUT2D eigenvalue weighted by molar-refractivity contribution is 6.01. The van der Waals surface area contributed by atoms with E-state index in [1.54, 1.807) is 12.4 Å². The molecular weight excluding hydrogens is 380 g/mol. The Kier molecular flexibility index (Phi) is 4.67. The minimum atomic E-state index is -0.190. The van der Waals surface area contributed by atoms with Gasteiger partial charge in [-0.1, -0.05) is 0 Å². The molecule has 0 unspecified atom stereocenters. The van der Waals surface area contributed by atoms with Crippen LogP contribution in [-0.4, -0.2) is 35.6 Å². The van der Waals surface area contributed by atoms with Gasteiger partial charge in [0.1, 0.15) is 17.0 Å². The van der Waals surface area contributed by atoms with Crippen LogP contribution in [0, 0.1) is 17.2 Å². The SMILES string of the molecule is N#CC[C@H]1CC[C@H](n2c(CNC(=O)c3cn[nH]c3)nc3cnc4[nH]ccc4c32)CC1. The van der Waals surface area contributed by atoms with Gasteiger partial charge in [0.05, 0.1) is 36.1 Å². The first-order valence-corrected chi connectivity index (χ1v) is 10.2. The number of rotatable bonds is 5. The monoisotopic (exact) mass is 402 g/mol. The molecule has 0 spiro atoms. The summed E-state index contributed by atoms with van der Waals surface area (Å²) in [5.74, 6) is 1.10. The van der Waals surface area contributed by atoms with Crippen molar-refractivity contribution in [3.8, 4) is 6.07 Å². The Morgan fingerprint density at radius 2 is 2.17 bits per heavy atom. The van der Waals surface area contributed by atoms with Crippen molar-refractivity contribution < 1.29 is 4.79 Å². The number of hydrogen-bond donors (Lipinski definition) is 3. The van der Waals surface area contributed by atoms with Crippen molar-refractivity contribution in [3.63, 3.8) is 0 Å². The maximum Gasteiger partial charge on any atom is 0.254 e. The van der Waals surface area contributed by atoms with Gasteiger partial charge in [-0.05, 0) is 37.7 Å². The van der Waals surface area contributed by atoms with Crippen LogP contribution in [0.5, 0.6) is 0 Å². The van der Waals surface area contributed by atoms with Gasteiger partial charge in [0.25, 0.3) is 5.91 Å². The second-order valence-electron chi connectivity index (χ2n) is 7.84. The van der Waals surface area contributed by atoms with E-state index in [9.17, 15) is 4.79 Å². The van der Waals surface area contributed by atoms with E-state index in [-0.39, 0.29) is 11.9 Å². The molecule has 4 aromatic rings. The number of nitriles is 1. The lowest BCUT2D eigenvalue weighted by molar-refractivity contribution is 0.0949. The van der Waals surface area contributed by atoms with Crippen molar-refractivity contribution in [2.24, 2.45) is 5.92 Å². The normalized spacial score (nSPS) is 19.2. The molecule has 1 aliphatic carbocycles. The summed E-state index contributed by atoms with van der Waals surface area (Å²) >= 11 is 0. The van der Waals surface area contributed by atoms with E-state index in [1.807, 2.05) is 12.3 Å². The van der Waals surface area contributed by atoms with Gasteiger partial charge in [0.15, 0.2) is 0 Å². The Balaban J connectivity index is 1.50. The van der Waals surface area contributed by atoms with Crippen LogP contribution >= 0.6 is 0 Å². The van der Waals surface area contributed by atoms with Crippen LogP contribution in [0.2, 0.25) is 0 Å². The number of H-pyrrole nitrogens is 2. The number of nitrogens with one attached hydrogen (secondary N) is 3. The van der Waals surface area contributed by atoms with E-state index in [0.29, 0.717) is 24.4 Å². The highest BCUT2D eigenvalue weighted by Crippen LogP contribution is 2.37. The smallest absolute Gasteiger partial charge is 0.254 e. The molecule has 1 aliphatic rings. The van der Waals surface area contributed by atoms with Crippen molar-refractivity contribution in [2.45, 2.75) is 44.7 Å². The average molecular weight is 402 g/mol. The molecule has 0 atom stereocenters. The second kappa shape index (κ2) is 7.63. The molecule has 0 aliphatic heterocycles. The summed E-state index contributed by atoms with van der Waals surface area (Å²) in [7, 11) is 0. The van der Waals surface area contributed by atoms with Gasteiger partial charge in [-0.3, -0.25) is 9.89 Å². The van der Waals surface area contributed by atoms with E-state index in [1.165, 1.54) is 6.20 Å². The Morgan fingerprint density at radius 1 is 1.30 bits per heavy atom. The predicted molar refractivity (Wildman–Crippen MR) is 110 cm³/mol. The number of aromatic amines is 2. The molecule has 3 N–H and O–H groups in total.